The van der Waals surface area contributed by atoms with Crippen LogP contribution in [0, 0.1) is 5.92 Å². The van der Waals surface area contributed by atoms with E-state index in [0.29, 0.717) is 18.2 Å². The van der Waals surface area contributed by atoms with Gasteiger partial charge in [0.1, 0.15) is 12.1 Å². The molecule has 3 unspecified atom stereocenters. The molecule has 8 rings (SSSR count). The van der Waals surface area contributed by atoms with Crippen molar-refractivity contribution >= 4 is 22.8 Å². The third-order valence-electron chi connectivity index (χ3n) is 8.39. The zero-order valence-electron chi connectivity index (χ0n) is 19.4. The van der Waals surface area contributed by atoms with Gasteiger partial charge < -0.3 is 10.8 Å². The van der Waals surface area contributed by atoms with Gasteiger partial charge in [-0.15, -0.1) is 0 Å². The van der Waals surface area contributed by atoms with Crippen LogP contribution in [0.2, 0.25) is 0 Å². The summed E-state index contributed by atoms with van der Waals surface area (Å²) in [5, 5.41) is 3.37. The largest absolute Gasteiger partial charge is 0.505 e. The predicted octanol–water partition coefficient (Wildman–Crippen LogP) is 4.74. The number of nitrogens with zero attached hydrogens (tertiary/aromatic N) is 6. The quantitative estimate of drug-likeness (QED) is 0.431. The van der Waals surface area contributed by atoms with E-state index in [2.05, 4.69) is 34.3 Å². The molecule has 8 nitrogen and oxygen atoms in total. The Bertz CT molecular complexity index is 1490. The Kier molecular flexibility index (Phi) is 4.11. The Morgan fingerprint density at radius 1 is 1.17 bits per heavy atom. The first kappa shape index (κ1) is 20.4. The number of benzene rings is 2. The van der Waals surface area contributed by atoms with E-state index in [-0.39, 0.29) is 17.7 Å². The van der Waals surface area contributed by atoms with Gasteiger partial charge in [0.25, 0.3) is 5.78 Å². The maximum atomic E-state index is 13.4. The Hall–Kier alpha value is -3.94. The number of hydrogen-bond acceptors (Lipinski definition) is 5. The molecule has 1 N–H and O–H groups in total. The fourth-order valence-electron chi connectivity index (χ4n) is 6.67. The molecule has 4 heterocycles. The average molecular weight is 464 g/mol. The first-order valence-corrected chi connectivity index (χ1v) is 12.2. The van der Waals surface area contributed by atoms with Crippen LogP contribution < -0.4 is 5.32 Å². The summed E-state index contributed by atoms with van der Waals surface area (Å²) in [6, 6.07) is 17.9. The van der Waals surface area contributed by atoms with E-state index >= 15 is 0 Å². The lowest BCUT2D eigenvalue weighted by atomic mass is 9.73. The Labute approximate surface area is 202 Å². The number of Topliss-reactive ketones (excluding diaryl/α,β-unsaturated/α-hetero) is 1. The lowest BCUT2D eigenvalue weighted by Crippen LogP contribution is -2.68. The monoisotopic (exact) mass is 463 g/mol. The second-order valence-corrected chi connectivity index (χ2v) is 10.1. The summed E-state index contributed by atoms with van der Waals surface area (Å²) in [4.78, 5) is 27.1. The van der Waals surface area contributed by atoms with Gasteiger partial charge in [0, 0.05) is 30.5 Å². The number of rotatable bonds is 5. The molecule has 2 saturated heterocycles. The molecule has 174 valence electrons. The number of carbonyl (C=O) groups is 1. The number of nitrogens with one attached hydrogen (secondary N) is 1. The van der Waals surface area contributed by atoms with Gasteiger partial charge in [-0.25, -0.2) is 9.97 Å². The molecule has 1 spiro atoms. The Morgan fingerprint density at radius 2 is 2.03 bits per heavy atom. The van der Waals surface area contributed by atoms with Gasteiger partial charge in [-0.3, -0.25) is 14.1 Å². The third kappa shape index (κ3) is 2.56. The highest BCUT2D eigenvalue weighted by Crippen LogP contribution is 2.66. The highest BCUT2D eigenvalue weighted by Gasteiger charge is 2.84. The third-order valence-corrected chi connectivity index (χ3v) is 8.39. The Balaban J connectivity index is 1.24. The first-order valence-electron chi connectivity index (χ1n) is 12.2. The van der Waals surface area contributed by atoms with Crippen LogP contribution in [-0.2, 0) is 10.3 Å². The van der Waals surface area contributed by atoms with E-state index in [1.54, 1.807) is 12.5 Å². The molecule has 0 amide bonds. The number of aromatic nitrogens is 4. The summed E-state index contributed by atoms with van der Waals surface area (Å²) >= 11 is 0. The molecule has 35 heavy (non-hydrogen) atoms. The van der Waals surface area contributed by atoms with Gasteiger partial charge in [0.2, 0.25) is 17.0 Å². The molecule has 2 aliphatic heterocycles. The SMILES string of the molecule is C[C@H](Nc1nccc(-n2cnc3ccc(C45CC6CCCC6(C4=O)[N+]5=[N-])cc32)n1)c1ccccc1. The minimum absolute atomic E-state index is 0.0472. The smallest absolute Gasteiger partial charge is 0.276 e. The molecule has 2 aromatic heterocycles. The van der Waals surface area contributed by atoms with Gasteiger partial charge >= 0.3 is 0 Å². The van der Waals surface area contributed by atoms with E-state index in [4.69, 9.17) is 4.98 Å². The molecule has 2 aromatic carbocycles. The molecule has 4 aliphatic rings. The van der Waals surface area contributed by atoms with E-state index in [0.717, 1.165) is 41.4 Å². The molecule has 4 aromatic rings. The normalized spacial score (nSPS) is 27.6. The molecular weight excluding hydrogens is 438 g/mol. The standard InChI is InChI=1S/C27H25N7O/c1-17(18-6-3-2-4-7-18)31-25-29-13-11-23(32-25)33-16-30-21-10-9-19(14-22(21)33)27-15-20-8-5-12-26(20,24(27)35)34(27)28/h2-4,6-7,9-11,13-14,16-17,20H,5,8,12,15H2,1H3,(H,29,31,32)/t17-,20?,26?,27?/m0/s1. The van der Waals surface area contributed by atoms with Gasteiger partial charge in [0.05, 0.1) is 17.1 Å². The van der Waals surface area contributed by atoms with Crippen LogP contribution in [0.4, 0.5) is 5.95 Å². The van der Waals surface area contributed by atoms with Crippen LogP contribution in [0.5, 0.6) is 0 Å². The van der Waals surface area contributed by atoms with Gasteiger partial charge in [0.15, 0.2) is 0 Å². The van der Waals surface area contributed by atoms with Crippen LogP contribution in [0.15, 0.2) is 67.1 Å². The van der Waals surface area contributed by atoms with Crippen molar-refractivity contribution in [2.75, 3.05) is 5.32 Å². The molecular formula is C27H25N7O. The number of fused-ring (bicyclic) bond motifs is 1. The zero-order valence-corrected chi connectivity index (χ0v) is 19.4. The average Bonchev–Trinajstić information content (AvgIpc) is 3.62. The predicted molar refractivity (Wildman–Crippen MR) is 130 cm³/mol. The molecule has 0 radical (unpaired) electrons. The number of imidazole rings is 1. The first-order chi connectivity index (χ1) is 17.0. The van der Waals surface area contributed by atoms with E-state index < -0.39 is 11.1 Å². The van der Waals surface area contributed by atoms with Gasteiger partial charge in [-0.2, -0.15) is 4.98 Å². The van der Waals surface area contributed by atoms with Crippen molar-refractivity contribution in [2.45, 2.75) is 49.7 Å². The van der Waals surface area contributed by atoms with Crippen LogP contribution in [-0.4, -0.2) is 35.5 Å². The Morgan fingerprint density at radius 3 is 2.83 bits per heavy atom. The lowest BCUT2D eigenvalue weighted by molar-refractivity contribution is -0.695. The van der Waals surface area contributed by atoms with Crippen LogP contribution >= 0.6 is 0 Å². The lowest BCUT2D eigenvalue weighted by Gasteiger charge is -2.44. The van der Waals surface area contributed by atoms with Crippen molar-refractivity contribution in [3.8, 4) is 5.82 Å². The number of ketones is 1. The summed E-state index contributed by atoms with van der Waals surface area (Å²) in [5.41, 5.74) is 13.1. The van der Waals surface area contributed by atoms with Crippen molar-refractivity contribution in [1.82, 2.24) is 19.5 Å². The maximum absolute atomic E-state index is 13.4. The fraction of sp³-hybridized carbons (Fsp3) is 0.333. The number of hydrogen-bond donors (Lipinski definition) is 1. The van der Waals surface area contributed by atoms with Crippen LogP contribution in [0.25, 0.3) is 22.4 Å². The van der Waals surface area contributed by atoms with Crippen molar-refractivity contribution in [3.05, 3.63) is 83.8 Å². The number of anilines is 1. The van der Waals surface area contributed by atoms with Gasteiger partial charge in [-0.1, -0.05) is 30.3 Å². The molecule has 4 atom stereocenters. The zero-order chi connectivity index (χ0) is 23.8. The molecule has 2 bridgehead atoms. The second-order valence-electron chi connectivity index (χ2n) is 10.1. The van der Waals surface area contributed by atoms with Crippen molar-refractivity contribution in [1.29, 1.82) is 0 Å². The minimum Gasteiger partial charge on any atom is -0.505 e. The van der Waals surface area contributed by atoms with Crippen molar-refractivity contribution in [3.63, 3.8) is 0 Å². The number of carbonyl (C=O) groups excluding carboxylic acids is 1. The highest BCUT2D eigenvalue weighted by atomic mass is 16.1. The highest BCUT2D eigenvalue weighted by molar-refractivity contribution is 6.03. The van der Waals surface area contributed by atoms with Gasteiger partial charge in [-0.05, 0) is 49.6 Å². The van der Waals surface area contributed by atoms with E-state index in [1.165, 1.54) is 4.70 Å². The molecule has 2 aliphatic carbocycles. The fourth-order valence-corrected chi connectivity index (χ4v) is 6.67. The van der Waals surface area contributed by atoms with Crippen LogP contribution in [0.3, 0.4) is 0 Å². The topological polar surface area (TPSA) is 98.0 Å². The molecule has 4 fully saturated rings. The molecule has 2 saturated carbocycles. The second kappa shape index (κ2) is 7.04. The summed E-state index contributed by atoms with van der Waals surface area (Å²) in [7, 11) is 0. The van der Waals surface area contributed by atoms with Crippen LogP contribution in [0.1, 0.15) is 49.8 Å². The summed E-state index contributed by atoms with van der Waals surface area (Å²) < 4.78 is 3.28. The summed E-state index contributed by atoms with van der Waals surface area (Å²) in [6.45, 7) is 2.07. The van der Waals surface area contributed by atoms with Crippen molar-refractivity contribution < 1.29 is 9.49 Å². The maximum Gasteiger partial charge on any atom is 0.276 e. The van der Waals surface area contributed by atoms with E-state index in [1.807, 2.05) is 47.0 Å². The summed E-state index contributed by atoms with van der Waals surface area (Å²) in [5.74, 6) is 1.61. The van der Waals surface area contributed by atoms with Crippen molar-refractivity contribution in [2.24, 2.45) is 5.92 Å². The van der Waals surface area contributed by atoms with E-state index in [9.17, 15) is 10.3 Å². The minimum atomic E-state index is -0.933. The molecule has 8 heteroatoms. The summed E-state index contributed by atoms with van der Waals surface area (Å²) in [6.07, 6.45) is 6.91.